The highest BCUT2D eigenvalue weighted by atomic mass is 16.6. The van der Waals surface area contributed by atoms with Crippen LogP contribution in [-0.4, -0.2) is 41.3 Å². The number of carbonyl (C=O) groups excluding carboxylic acids is 2. The van der Waals surface area contributed by atoms with Crippen molar-refractivity contribution >= 4 is 18.0 Å². The Morgan fingerprint density at radius 3 is 1.86 bits per heavy atom. The summed E-state index contributed by atoms with van der Waals surface area (Å²) in [7, 11) is 0. The van der Waals surface area contributed by atoms with Gasteiger partial charge < -0.3 is 20.5 Å². The number of amides is 2. The van der Waals surface area contributed by atoms with E-state index in [2.05, 4.69) is 10.6 Å². The Labute approximate surface area is 131 Å². The predicted molar refractivity (Wildman–Crippen MR) is 82.4 cm³/mol. The molecule has 0 saturated heterocycles. The minimum absolute atomic E-state index is 0.0320. The van der Waals surface area contributed by atoms with Crippen LogP contribution >= 0.6 is 0 Å². The molecule has 0 aliphatic carbocycles. The molecular weight excluding hydrogens is 288 g/mol. The second-order valence-electron chi connectivity index (χ2n) is 6.28. The van der Waals surface area contributed by atoms with Crippen LogP contribution < -0.4 is 10.6 Å². The second kappa shape index (κ2) is 9.27. The average Bonchev–Trinajstić information content (AvgIpc) is 2.32. The van der Waals surface area contributed by atoms with Gasteiger partial charge >= 0.3 is 12.1 Å². The lowest BCUT2D eigenvalue weighted by Gasteiger charge is -2.26. The number of nitrogens with one attached hydrogen (secondary N) is 2. The minimum Gasteiger partial charge on any atom is -0.481 e. The fraction of sp³-hybridized carbons (Fsp3) is 0.800. The predicted octanol–water partition coefficient (Wildman–Crippen LogP) is 1.76. The van der Waals surface area contributed by atoms with Crippen LogP contribution in [0.25, 0.3) is 0 Å². The van der Waals surface area contributed by atoms with Crippen molar-refractivity contribution in [1.82, 2.24) is 10.6 Å². The van der Waals surface area contributed by atoms with Gasteiger partial charge in [0.1, 0.15) is 6.04 Å². The van der Waals surface area contributed by atoms with Crippen LogP contribution in [0.15, 0.2) is 0 Å². The zero-order valence-corrected chi connectivity index (χ0v) is 14.2. The quantitative estimate of drug-likeness (QED) is 0.633. The van der Waals surface area contributed by atoms with Crippen molar-refractivity contribution in [2.45, 2.75) is 66.2 Å². The maximum absolute atomic E-state index is 12.3. The van der Waals surface area contributed by atoms with Crippen molar-refractivity contribution in [3.8, 4) is 0 Å². The van der Waals surface area contributed by atoms with Gasteiger partial charge in [-0.05, 0) is 25.7 Å². The van der Waals surface area contributed by atoms with Gasteiger partial charge in [-0.2, -0.15) is 0 Å². The lowest BCUT2D eigenvalue weighted by atomic mass is 9.98. The first-order chi connectivity index (χ1) is 10.0. The molecular formula is C15H28N2O5. The molecule has 2 amide bonds. The van der Waals surface area contributed by atoms with E-state index in [0.717, 1.165) is 0 Å². The van der Waals surface area contributed by atoms with Gasteiger partial charge in [0.15, 0.2) is 0 Å². The number of rotatable bonds is 8. The van der Waals surface area contributed by atoms with Gasteiger partial charge in [-0.25, -0.2) is 4.79 Å². The fourth-order valence-corrected chi connectivity index (χ4v) is 1.82. The van der Waals surface area contributed by atoms with E-state index in [1.54, 1.807) is 27.7 Å². The lowest BCUT2D eigenvalue weighted by Crippen LogP contribution is -2.53. The number of carbonyl (C=O) groups is 3. The maximum atomic E-state index is 12.3. The van der Waals surface area contributed by atoms with E-state index in [1.165, 1.54) is 0 Å². The summed E-state index contributed by atoms with van der Waals surface area (Å²) in [5.74, 6) is -1.57. The molecule has 0 rings (SSSR count). The molecule has 0 aromatic heterocycles. The van der Waals surface area contributed by atoms with E-state index < -0.39 is 30.1 Å². The van der Waals surface area contributed by atoms with Crippen molar-refractivity contribution in [3.63, 3.8) is 0 Å². The molecule has 0 fully saturated rings. The van der Waals surface area contributed by atoms with Crippen molar-refractivity contribution in [3.05, 3.63) is 0 Å². The minimum atomic E-state index is -0.979. The summed E-state index contributed by atoms with van der Waals surface area (Å²) in [5, 5.41) is 14.1. The van der Waals surface area contributed by atoms with Crippen molar-refractivity contribution in [2.75, 3.05) is 0 Å². The van der Waals surface area contributed by atoms with Crippen LogP contribution in [0, 0.1) is 11.8 Å². The molecule has 0 heterocycles. The first-order valence-corrected chi connectivity index (χ1v) is 7.53. The highest BCUT2D eigenvalue weighted by Crippen LogP contribution is 2.09. The number of hydrogen-bond donors (Lipinski definition) is 3. The topological polar surface area (TPSA) is 105 Å². The van der Waals surface area contributed by atoms with Gasteiger partial charge in [-0.1, -0.05) is 27.7 Å². The van der Waals surface area contributed by atoms with E-state index in [1.807, 2.05) is 13.8 Å². The van der Waals surface area contributed by atoms with Gasteiger partial charge in [0.25, 0.3) is 0 Å². The summed E-state index contributed by atoms with van der Waals surface area (Å²) >= 11 is 0. The van der Waals surface area contributed by atoms with E-state index in [9.17, 15) is 14.4 Å². The highest BCUT2D eigenvalue weighted by molar-refractivity contribution is 5.86. The van der Waals surface area contributed by atoms with Gasteiger partial charge in [0.05, 0.1) is 12.5 Å². The number of ether oxygens (including phenoxy) is 1. The van der Waals surface area contributed by atoms with E-state index in [-0.39, 0.29) is 24.4 Å². The Balaban J connectivity index is 4.83. The summed E-state index contributed by atoms with van der Waals surface area (Å²) in [6.45, 7) is 10.7. The lowest BCUT2D eigenvalue weighted by molar-refractivity contribution is -0.138. The zero-order valence-electron chi connectivity index (χ0n) is 14.2. The summed E-state index contributed by atoms with van der Waals surface area (Å²) in [5.41, 5.74) is 0. The summed E-state index contributed by atoms with van der Waals surface area (Å²) in [6, 6.07) is -1.27. The number of alkyl carbamates (subject to hydrolysis) is 1. The first-order valence-electron chi connectivity index (χ1n) is 7.53. The summed E-state index contributed by atoms with van der Waals surface area (Å²) < 4.78 is 4.97. The molecule has 0 aromatic carbocycles. The van der Waals surface area contributed by atoms with Crippen LogP contribution in [0.1, 0.15) is 48.0 Å². The average molecular weight is 316 g/mol. The van der Waals surface area contributed by atoms with Crippen LogP contribution in [0.3, 0.4) is 0 Å². The standard InChI is InChI=1S/C15H28N2O5/c1-8(2)11(7-12(18)19)16-14(20)13(9(3)4)17-15(21)22-10(5)6/h8-11,13H,7H2,1-6H3,(H,16,20)(H,17,21)(H,18,19)/t11-,13-/m0/s1. The molecule has 2 atom stereocenters. The Bertz CT molecular complexity index is 393. The normalized spacial score (nSPS) is 13.9. The highest BCUT2D eigenvalue weighted by Gasteiger charge is 2.28. The van der Waals surface area contributed by atoms with Crippen LogP contribution in [0.5, 0.6) is 0 Å². The number of carboxylic acids is 1. The molecule has 0 spiro atoms. The molecule has 0 radical (unpaired) electrons. The van der Waals surface area contributed by atoms with Crippen molar-refractivity contribution in [2.24, 2.45) is 11.8 Å². The molecule has 0 aliphatic rings. The Kier molecular flexibility index (Phi) is 8.52. The number of aliphatic carboxylic acids is 1. The molecule has 3 N–H and O–H groups in total. The summed E-state index contributed by atoms with van der Waals surface area (Å²) in [4.78, 5) is 34.8. The third-order valence-electron chi connectivity index (χ3n) is 3.09. The first kappa shape index (κ1) is 20.2. The van der Waals surface area contributed by atoms with Gasteiger partial charge in [0, 0.05) is 6.04 Å². The third-order valence-corrected chi connectivity index (χ3v) is 3.09. The SMILES string of the molecule is CC(C)OC(=O)N[C@H](C(=O)N[C@@H](CC(=O)O)C(C)C)C(C)C. The zero-order chi connectivity index (χ0) is 17.4. The number of carboxylic acid groups (broad SMARTS) is 1. The molecule has 7 nitrogen and oxygen atoms in total. The number of hydrogen-bond acceptors (Lipinski definition) is 4. The Morgan fingerprint density at radius 1 is 0.955 bits per heavy atom. The van der Waals surface area contributed by atoms with Crippen molar-refractivity contribution < 1.29 is 24.2 Å². The van der Waals surface area contributed by atoms with Crippen LogP contribution in [-0.2, 0) is 14.3 Å². The monoisotopic (exact) mass is 316 g/mol. The molecule has 128 valence electrons. The largest absolute Gasteiger partial charge is 0.481 e. The Morgan fingerprint density at radius 2 is 1.50 bits per heavy atom. The molecule has 7 heteroatoms. The second-order valence-corrected chi connectivity index (χ2v) is 6.28. The maximum Gasteiger partial charge on any atom is 0.408 e. The smallest absolute Gasteiger partial charge is 0.408 e. The summed E-state index contributed by atoms with van der Waals surface area (Å²) in [6.07, 6.45) is -1.11. The van der Waals surface area contributed by atoms with E-state index in [4.69, 9.17) is 9.84 Å². The Hall–Kier alpha value is -1.79. The molecule has 0 bridgehead atoms. The van der Waals surface area contributed by atoms with Crippen molar-refractivity contribution in [1.29, 1.82) is 0 Å². The van der Waals surface area contributed by atoms with Crippen LogP contribution in [0.2, 0.25) is 0 Å². The molecule has 0 aliphatic heterocycles. The fourth-order valence-electron chi connectivity index (χ4n) is 1.82. The third kappa shape index (κ3) is 7.85. The molecule has 0 unspecified atom stereocenters. The van der Waals surface area contributed by atoms with Gasteiger partial charge in [-0.3, -0.25) is 9.59 Å². The molecule has 22 heavy (non-hydrogen) atoms. The molecule has 0 saturated carbocycles. The van der Waals surface area contributed by atoms with Crippen LogP contribution in [0.4, 0.5) is 4.79 Å². The van der Waals surface area contributed by atoms with Gasteiger partial charge in [0.2, 0.25) is 5.91 Å². The van der Waals surface area contributed by atoms with Gasteiger partial charge in [-0.15, -0.1) is 0 Å². The van der Waals surface area contributed by atoms with E-state index >= 15 is 0 Å². The van der Waals surface area contributed by atoms with E-state index in [0.29, 0.717) is 0 Å². The molecule has 0 aromatic rings.